The second-order valence-electron chi connectivity index (χ2n) is 9.37. The van der Waals surface area contributed by atoms with E-state index in [-0.39, 0.29) is 0 Å². The molecule has 1 aromatic heterocycles. The molecule has 6 aromatic carbocycles. The molecule has 0 unspecified atom stereocenters. The van der Waals surface area contributed by atoms with Gasteiger partial charge < -0.3 is 9.88 Å². The molecule has 0 bridgehead atoms. The Hall–Kier alpha value is -4.82. The topological polar surface area (TPSA) is 17.0 Å². The molecular weight excluding hydrogens is 460 g/mol. The maximum Gasteiger partial charge on any atom is 0.0541 e. The van der Waals surface area contributed by atoms with Crippen LogP contribution in [0, 0.1) is 0 Å². The molecule has 0 radical (unpaired) electrons. The zero-order valence-corrected chi connectivity index (χ0v) is 21.5. The lowest BCUT2D eigenvalue weighted by Crippen LogP contribution is -1.95. The largest absolute Gasteiger partial charge is 0.385 e. The summed E-state index contributed by atoms with van der Waals surface area (Å²) in [6.07, 6.45) is 0. The molecule has 7 aromatic rings. The Morgan fingerprint density at radius 1 is 0.500 bits per heavy atom. The van der Waals surface area contributed by atoms with E-state index >= 15 is 0 Å². The van der Waals surface area contributed by atoms with Crippen molar-refractivity contribution in [1.82, 2.24) is 4.57 Å². The smallest absolute Gasteiger partial charge is 0.0541 e. The molecule has 7 rings (SSSR count). The normalized spacial score (nSPS) is 10.9. The minimum absolute atomic E-state index is 0.935. The number of nitrogens with zero attached hydrogens (tertiary/aromatic N) is 1. The molecule has 2 nitrogen and oxygen atoms in total. The molecule has 0 fully saturated rings. The fourth-order valence-corrected chi connectivity index (χ4v) is 5.13. The monoisotopic (exact) mass is 490 g/mol. The van der Waals surface area contributed by atoms with Crippen molar-refractivity contribution in [3.8, 4) is 16.8 Å². The Morgan fingerprint density at radius 2 is 1.05 bits per heavy atom. The van der Waals surface area contributed by atoms with Gasteiger partial charge >= 0.3 is 0 Å². The molecule has 1 N–H and O–H groups in total. The number of nitrogens with one attached hydrogen (secondary N) is 1. The van der Waals surface area contributed by atoms with E-state index < -0.39 is 0 Å². The standard InChI is InChI=1S/C26H22N2.C10H8/c1-2-27-21-15-12-19(13-16-21)20-14-17-26-24(18-20)23-10-6-7-11-25(23)28(26)22-8-4-3-5-9-22;1-2-6-10-8-4-3-7-9(10)5-1/h3-18,27H,2H2,1H3;1-8H. The fourth-order valence-electron chi connectivity index (χ4n) is 5.13. The number of benzene rings is 6. The number of anilines is 1. The van der Waals surface area contributed by atoms with Crippen molar-refractivity contribution < 1.29 is 0 Å². The van der Waals surface area contributed by atoms with Crippen LogP contribution in [-0.2, 0) is 0 Å². The molecule has 0 aliphatic rings. The SMILES string of the molecule is CCNc1ccc(-c2ccc3c(c2)c2ccccc2n3-c2ccccc2)cc1.c1ccc2ccccc2c1. The summed E-state index contributed by atoms with van der Waals surface area (Å²) in [5.74, 6) is 0. The summed E-state index contributed by atoms with van der Waals surface area (Å²) in [6.45, 7) is 3.05. The molecular formula is C36H30N2. The van der Waals surface area contributed by atoms with E-state index in [9.17, 15) is 0 Å². The molecule has 2 heteroatoms. The number of aromatic nitrogens is 1. The summed E-state index contributed by atoms with van der Waals surface area (Å²) in [5, 5.41) is 8.55. The highest BCUT2D eigenvalue weighted by Crippen LogP contribution is 2.35. The number of rotatable bonds is 4. The highest BCUT2D eigenvalue weighted by atomic mass is 15.0. The summed E-state index contributed by atoms with van der Waals surface area (Å²) < 4.78 is 2.35. The Balaban J connectivity index is 0.000000221. The van der Waals surface area contributed by atoms with Gasteiger partial charge in [-0.2, -0.15) is 0 Å². The Morgan fingerprint density at radius 3 is 1.71 bits per heavy atom. The molecule has 0 aliphatic heterocycles. The maximum absolute atomic E-state index is 3.36. The summed E-state index contributed by atoms with van der Waals surface area (Å²) in [6, 6.07) is 51.4. The Kier molecular flexibility index (Phi) is 6.61. The van der Waals surface area contributed by atoms with Gasteiger partial charge in [0.2, 0.25) is 0 Å². The lowest BCUT2D eigenvalue weighted by molar-refractivity contribution is 1.18. The Bertz CT molecular complexity index is 1750. The van der Waals surface area contributed by atoms with Gasteiger partial charge in [-0.05, 0) is 71.3 Å². The molecule has 184 valence electrons. The first-order valence-electron chi connectivity index (χ1n) is 13.2. The average molecular weight is 491 g/mol. The minimum atomic E-state index is 0.935. The van der Waals surface area contributed by atoms with Gasteiger partial charge in [-0.15, -0.1) is 0 Å². The Labute approximate surface area is 223 Å². The molecule has 38 heavy (non-hydrogen) atoms. The molecule has 0 spiro atoms. The van der Waals surface area contributed by atoms with Crippen LogP contribution in [0.5, 0.6) is 0 Å². The van der Waals surface area contributed by atoms with E-state index in [1.54, 1.807) is 0 Å². The summed E-state index contributed by atoms with van der Waals surface area (Å²) in [4.78, 5) is 0. The van der Waals surface area contributed by atoms with Crippen molar-refractivity contribution in [3.05, 3.63) is 146 Å². The van der Waals surface area contributed by atoms with E-state index in [1.165, 1.54) is 49.4 Å². The van der Waals surface area contributed by atoms with Crippen LogP contribution >= 0.6 is 0 Å². The van der Waals surface area contributed by atoms with Crippen LogP contribution in [0.2, 0.25) is 0 Å². The first kappa shape index (κ1) is 23.6. The summed E-state index contributed by atoms with van der Waals surface area (Å²) in [5.41, 5.74) is 7.31. The first-order chi connectivity index (χ1) is 18.8. The summed E-state index contributed by atoms with van der Waals surface area (Å²) >= 11 is 0. The zero-order chi connectivity index (χ0) is 25.7. The minimum Gasteiger partial charge on any atom is -0.385 e. The van der Waals surface area contributed by atoms with Crippen molar-refractivity contribution in [2.45, 2.75) is 6.92 Å². The van der Waals surface area contributed by atoms with Crippen molar-refractivity contribution in [3.63, 3.8) is 0 Å². The van der Waals surface area contributed by atoms with Crippen LogP contribution in [-0.4, -0.2) is 11.1 Å². The van der Waals surface area contributed by atoms with E-state index in [0.29, 0.717) is 0 Å². The third-order valence-corrected chi connectivity index (χ3v) is 6.94. The second-order valence-corrected chi connectivity index (χ2v) is 9.37. The van der Waals surface area contributed by atoms with Crippen molar-refractivity contribution >= 4 is 38.3 Å². The van der Waals surface area contributed by atoms with Gasteiger partial charge in [0.15, 0.2) is 0 Å². The quantitative estimate of drug-likeness (QED) is 0.260. The fraction of sp³-hybridized carbons (Fsp3) is 0.0556. The van der Waals surface area contributed by atoms with Gasteiger partial charge in [-0.3, -0.25) is 0 Å². The van der Waals surface area contributed by atoms with E-state index in [2.05, 4.69) is 162 Å². The molecule has 0 aliphatic carbocycles. The average Bonchev–Trinajstić information content (AvgIpc) is 3.32. The van der Waals surface area contributed by atoms with Gasteiger partial charge in [-0.25, -0.2) is 0 Å². The first-order valence-corrected chi connectivity index (χ1v) is 13.2. The van der Waals surface area contributed by atoms with Crippen LogP contribution in [0.1, 0.15) is 6.92 Å². The van der Waals surface area contributed by atoms with Crippen molar-refractivity contribution in [2.75, 3.05) is 11.9 Å². The molecule has 0 saturated heterocycles. The molecule has 0 atom stereocenters. The van der Waals surface area contributed by atoms with Crippen LogP contribution in [0.3, 0.4) is 0 Å². The third kappa shape index (κ3) is 4.65. The van der Waals surface area contributed by atoms with Crippen LogP contribution in [0.15, 0.2) is 146 Å². The molecule has 0 amide bonds. The number of hydrogen-bond donors (Lipinski definition) is 1. The van der Waals surface area contributed by atoms with Gasteiger partial charge in [-0.1, -0.05) is 103 Å². The van der Waals surface area contributed by atoms with E-state index in [0.717, 1.165) is 12.2 Å². The third-order valence-electron chi connectivity index (χ3n) is 6.94. The molecule has 0 saturated carbocycles. The molecule has 1 heterocycles. The zero-order valence-electron chi connectivity index (χ0n) is 21.5. The second kappa shape index (κ2) is 10.7. The number of para-hydroxylation sites is 2. The van der Waals surface area contributed by atoms with Gasteiger partial charge in [0.05, 0.1) is 11.0 Å². The predicted octanol–water partition coefficient (Wildman–Crippen LogP) is 9.72. The van der Waals surface area contributed by atoms with Gasteiger partial charge in [0.1, 0.15) is 0 Å². The predicted molar refractivity (Wildman–Crippen MR) is 164 cm³/mol. The highest BCUT2D eigenvalue weighted by molar-refractivity contribution is 6.10. The highest BCUT2D eigenvalue weighted by Gasteiger charge is 2.12. The van der Waals surface area contributed by atoms with Gasteiger partial charge in [0, 0.05) is 28.7 Å². The lowest BCUT2D eigenvalue weighted by Gasteiger charge is -2.08. The van der Waals surface area contributed by atoms with Crippen molar-refractivity contribution in [1.29, 1.82) is 0 Å². The number of hydrogen-bond acceptors (Lipinski definition) is 1. The van der Waals surface area contributed by atoms with Gasteiger partial charge in [0.25, 0.3) is 0 Å². The van der Waals surface area contributed by atoms with Crippen molar-refractivity contribution in [2.24, 2.45) is 0 Å². The van der Waals surface area contributed by atoms with E-state index in [4.69, 9.17) is 0 Å². The maximum atomic E-state index is 3.36. The van der Waals surface area contributed by atoms with Crippen LogP contribution in [0.4, 0.5) is 5.69 Å². The number of fused-ring (bicyclic) bond motifs is 4. The van der Waals surface area contributed by atoms with Crippen LogP contribution in [0.25, 0.3) is 49.4 Å². The lowest BCUT2D eigenvalue weighted by atomic mass is 10.0. The summed E-state index contributed by atoms with van der Waals surface area (Å²) in [7, 11) is 0. The van der Waals surface area contributed by atoms with Crippen LogP contribution < -0.4 is 5.32 Å². The van der Waals surface area contributed by atoms with E-state index in [1.807, 2.05) is 0 Å².